The highest BCUT2D eigenvalue weighted by molar-refractivity contribution is 7.88. The van der Waals surface area contributed by atoms with Crippen LogP contribution in [0.2, 0.25) is 5.02 Å². The van der Waals surface area contributed by atoms with Crippen LogP contribution < -0.4 is 14.5 Å². The molecule has 10 heteroatoms. The fourth-order valence-electron chi connectivity index (χ4n) is 7.36. The van der Waals surface area contributed by atoms with Gasteiger partial charge >= 0.3 is 6.01 Å². The van der Waals surface area contributed by atoms with Crippen molar-refractivity contribution < 1.29 is 8.95 Å². The SMILES string of the molecule is CCN(CC)C/C=C/S(=O)CCN(C)c1nc(OCC23CCCN2CCC3)nc2c1CCN(c1cccc3cccc(Cl)c13)C2. The molecule has 242 valence electrons. The van der Waals surface area contributed by atoms with Crippen molar-refractivity contribution >= 4 is 44.7 Å². The number of benzene rings is 2. The second-order valence-corrected chi connectivity index (χ2v) is 14.5. The number of anilines is 2. The van der Waals surface area contributed by atoms with Gasteiger partial charge in [-0.3, -0.25) is 9.11 Å². The fraction of sp³-hybridized carbons (Fsp3) is 0.543. The predicted molar refractivity (Wildman–Crippen MR) is 187 cm³/mol. The van der Waals surface area contributed by atoms with Crippen LogP contribution in [0.4, 0.5) is 11.5 Å². The number of hydrogen-bond donors (Lipinski definition) is 0. The molecular weight excluding hydrogens is 604 g/mol. The normalized spacial score (nSPS) is 18.6. The van der Waals surface area contributed by atoms with Crippen molar-refractivity contribution in [3.63, 3.8) is 0 Å². The van der Waals surface area contributed by atoms with Crippen LogP contribution in [0.5, 0.6) is 6.01 Å². The van der Waals surface area contributed by atoms with Gasteiger partial charge in [-0.05, 0) is 81.2 Å². The standard InChI is InChI=1S/C35H47ClN6O2S/c1-4-40(5-2)18-10-23-45(43)24-22-39(3)33-28-15-21-41(31-14-7-12-27-11-6-13-29(36)32(27)31)25-30(28)37-34(38-33)44-26-35-16-8-19-42(35)20-9-17-35/h6-7,10-14,23H,4-5,8-9,15-22,24-26H2,1-3H3/b23-10+. The molecule has 3 aliphatic rings. The Morgan fingerprint density at radius 1 is 1.07 bits per heavy atom. The van der Waals surface area contributed by atoms with Crippen molar-refractivity contribution in [1.82, 2.24) is 19.8 Å². The summed E-state index contributed by atoms with van der Waals surface area (Å²) in [5.74, 6) is 1.43. The summed E-state index contributed by atoms with van der Waals surface area (Å²) in [6.07, 6.45) is 7.64. The van der Waals surface area contributed by atoms with Crippen molar-refractivity contribution in [3.8, 4) is 6.01 Å². The average Bonchev–Trinajstić information content (AvgIpc) is 3.65. The molecule has 1 unspecified atom stereocenters. The minimum atomic E-state index is -1.05. The molecule has 4 heterocycles. The lowest BCUT2D eigenvalue weighted by molar-refractivity contribution is 0.107. The molecule has 8 nitrogen and oxygen atoms in total. The van der Waals surface area contributed by atoms with E-state index in [-0.39, 0.29) is 5.54 Å². The highest BCUT2D eigenvalue weighted by Crippen LogP contribution is 2.40. The Labute approximate surface area is 275 Å². The van der Waals surface area contributed by atoms with Gasteiger partial charge in [-0.15, -0.1) is 0 Å². The number of fused-ring (bicyclic) bond motifs is 3. The fourth-order valence-corrected chi connectivity index (χ4v) is 8.53. The number of halogens is 1. The van der Waals surface area contributed by atoms with Crippen molar-refractivity contribution in [3.05, 3.63) is 64.2 Å². The van der Waals surface area contributed by atoms with Gasteiger partial charge in [-0.1, -0.05) is 55.8 Å². The van der Waals surface area contributed by atoms with Crippen LogP contribution in [-0.2, 0) is 23.8 Å². The van der Waals surface area contributed by atoms with Gasteiger partial charge in [0.15, 0.2) is 0 Å². The summed E-state index contributed by atoms with van der Waals surface area (Å²) in [5.41, 5.74) is 3.38. The summed E-state index contributed by atoms with van der Waals surface area (Å²) in [6.45, 7) is 12.2. The van der Waals surface area contributed by atoms with Crippen LogP contribution in [0, 0.1) is 0 Å². The molecule has 3 aliphatic heterocycles. The maximum atomic E-state index is 12.9. The molecule has 6 rings (SSSR count). The summed E-state index contributed by atoms with van der Waals surface area (Å²) >= 11 is 6.73. The molecule has 2 fully saturated rings. The molecule has 0 N–H and O–H groups in total. The van der Waals surface area contributed by atoms with E-state index in [1.165, 1.54) is 25.7 Å². The van der Waals surface area contributed by atoms with Gasteiger partial charge in [-0.25, -0.2) is 0 Å². The van der Waals surface area contributed by atoms with E-state index in [4.69, 9.17) is 26.3 Å². The zero-order chi connectivity index (χ0) is 31.4. The van der Waals surface area contributed by atoms with Gasteiger partial charge in [-0.2, -0.15) is 9.97 Å². The Morgan fingerprint density at radius 2 is 1.82 bits per heavy atom. The van der Waals surface area contributed by atoms with Crippen LogP contribution in [0.25, 0.3) is 10.8 Å². The molecule has 0 amide bonds. The Kier molecular flexibility index (Phi) is 10.3. The summed E-state index contributed by atoms with van der Waals surface area (Å²) < 4.78 is 19.4. The molecule has 0 bridgehead atoms. The predicted octanol–water partition coefficient (Wildman–Crippen LogP) is 5.89. The van der Waals surface area contributed by atoms with Gasteiger partial charge in [0, 0.05) is 59.9 Å². The number of likely N-dealkylation sites (N-methyl/N-ethyl adjacent to an activating group) is 1. The first-order valence-corrected chi connectivity index (χ1v) is 18.3. The summed E-state index contributed by atoms with van der Waals surface area (Å²) in [6, 6.07) is 12.9. The summed E-state index contributed by atoms with van der Waals surface area (Å²) in [7, 11) is 1.00. The maximum absolute atomic E-state index is 12.9. The largest absolute Gasteiger partial charge is 0.461 e. The lowest BCUT2D eigenvalue weighted by Crippen LogP contribution is -2.43. The molecule has 2 saturated heterocycles. The first-order valence-electron chi connectivity index (χ1n) is 16.6. The van der Waals surface area contributed by atoms with Crippen LogP contribution in [-0.4, -0.2) is 94.7 Å². The quantitative estimate of drug-likeness (QED) is 0.227. The van der Waals surface area contributed by atoms with E-state index in [2.05, 4.69) is 64.8 Å². The van der Waals surface area contributed by atoms with E-state index in [0.29, 0.717) is 31.5 Å². The minimum absolute atomic E-state index is 0.116. The lowest BCUT2D eigenvalue weighted by atomic mass is 9.95. The molecule has 1 aromatic heterocycles. The topological polar surface area (TPSA) is 65.0 Å². The molecule has 0 aliphatic carbocycles. The maximum Gasteiger partial charge on any atom is 0.318 e. The first-order chi connectivity index (χ1) is 21.9. The van der Waals surface area contributed by atoms with Gasteiger partial charge in [0.2, 0.25) is 0 Å². The molecule has 0 spiro atoms. The Hall–Kier alpha value is -2.72. The van der Waals surface area contributed by atoms with Crippen molar-refractivity contribution in [2.75, 3.05) is 75.0 Å². The second kappa shape index (κ2) is 14.4. The minimum Gasteiger partial charge on any atom is -0.461 e. The van der Waals surface area contributed by atoms with Crippen molar-refractivity contribution in [1.29, 1.82) is 0 Å². The van der Waals surface area contributed by atoms with Gasteiger partial charge < -0.3 is 19.4 Å². The smallest absolute Gasteiger partial charge is 0.318 e. The van der Waals surface area contributed by atoms with Crippen LogP contribution in [0.15, 0.2) is 47.9 Å². The highest BCUT2D eigenvalue weighted by atomic mass is 35.5. The van der Waals surface area contributed by atoms with Gasteiger partial charge in [0.1, 0.15) is 12.4 Å². The number of hydrogen-bond acceptors (Lipinski definition) is 8. The third-order valence-corrected chi connectivity index (χ3v) is 11.4. The molecule has 2 aromatic carbocycles. The number of rotatable bonds is 13. The zero-order valence-corrected chi connectivity index (χ0v) is 28.6. The third-order valence-electron chi connectivity index (χ3n) is 9.97. The first kappa shape index (κ1) is 32.2. The zero-order valence-electron chi connectivity index (χ0n) is 27.0. The number of ether oxygens (including phenoxy) is 1. The van der Waals surface area contributed by atoms with Gasteiger partial charge in [0.05, 0.1) is 22.8 Å². The highest BCUT2D eigenvalue weighted by Gasteiger charge is 2.45. The molecule has 3 aromatic rings. The van der Waals surface area contributed by atoms with Crippen LogP contribution >= 0.6 is 11.6 Å². The van der Waals surface area contributed by atoms with Crippen molar-refractivity contribution in [2.45, 2.75) is 58.0 Å². The van der Waals surface area contributed by atoms with E-state index in [9.17, 15) is 4.21 Å². The second-order valence-electron chi connectivity index (χ2n) is 12.6. The monoisotopic (exact) mass is 650 g/mol. The Bertz CT molecular complexity index is 1530. The van der Waals surface area contributed by atoms with E-state index in [0.717, 1.165) is 84.2 Å². The Balaban J connectivity index is 1.24. The molecule has 0 saturated carbocycles. The molecule has 1 atom stereocenters. The average molecular weight is 651 g/mol. The van der Waals surface area contributed by atoms with Crippen LogP contribution in [0.1, 0.15) is 50.8 Å². The van der Waals surface area contributed by atoms with E-state index in [1.807, 2.05) is 23.6 Å². The van der Waals surface area contributed by atoms with E-state index >= 15 is 0 Å². The third kappa shape index (κ3) is 7.02. The van der Waals surface area contributed by atoms with E-state index in [1.54, 1.807) is 0 Å². The number of aromatic nitrogens is 2. The Morgan fingerprint density at radius 3 is 2.58 bits per heavy atom. The number of nitrogens with zero attached hydrogens (tertiary/aromatic N) is 6. The van der Waals surface area contributed by atoms with Crippen molar-refractivity contribution in [2.24, 2.45) is 0 Å². The molecule has 45 heavy (non-hydrogen) atoms. The molecule has 0 radical (unpaired) electrons. The van der Waals surface area contributed by atoms with E-state index < -0.39 is 10.8 Å². The summed E-state index contributed by atoms with van der Waals surface area (Å²) in [5, 5.41) is 4.81. The summed E-state index contributed by atoms with van der Waals surface area (Å²) in [4.78, 5) is 19.5. The van der Waals surface area contributed by atoms with Crippen LogP contribution in [0.3, 0.4) is 0 Å². The molecular formula is C35H47ClN6O2S. The van der Waals surface area contributed by atoms with Gasteiger partial charge in [0.25, 0.3) is 0 Å². The lowest BCUT2D eigenvalue weighted by Gasteiger charge is -2.34.